The van der Waals surface area contributed by atoms with Gasteiger partial charge in [-0.05, 0) is 31.6 Å². The van der Waals surface area contributed by atoms with Crippen LogP contribution in [0.4, 0.5) is 0 Å². The van der Waals surface area contributed by atoms with E-state index in [9.17, 15) is 14.7 Å². The molecule has 2 fully saturated rings. The zero-order chi connectivity index (χ0) is 15.5. The summed E-state index contributed by atoms with van der Waals surface area (Å²) in [7, 11) is 3.56. The summed E-state index contributed by atoms with van der Waals surface area (Å²) in [6.07, 6.45) is 6.21. The standard InChI is InChI=1S/C16H28N2O3/c1-17(2)14(19)11-13-5-9-18(10-6-13)15(20)12-16(21)7-3-4-8-16/h13,21H,3-12H2,1-2H3. The first kappa shape index (κ1) is 16.3. The van der Waals surface area contributed by atoms with Crippen molar-refractivity contribution in [2.75, 3.05) is 27.2 Å². The summed E-state index contributed by atoms with van der Waals surface area (Å²) in [6.45, 7) is 1.45. The van der Waals surface area contributed by atoms with E-state index < -0.39 is 5.60 Å². The Hall–Kier alpha value is -1.10. The van der Waals surface area contributed by atoms with Crippen molar-refractivity contribution < 1.29 is 14.7 Å². The molecule has 5 nitrogen and oxygen atoms in total. The van der Waals surface area contributed by atoms with Crippen LogP contribution in [-0.4, -0.2) is 59.5 Å². The normalized spacial score (nSPS) is 22.3. The number of carbonyl (C=O) groups excluding carboxylic acids is 2. The fraction of sp³-hybridized carbons (Fsp3) is 0.875. The molecule has 0 bridgehead atoms. The van der Waals surface area contributed by atoms with Crippen LogP contribution >= 0.6 is 0 Å². The van der Waals surface area contributed by atoms with E-state index in [1.54, 1.807) is 19.0 Å². The first-order valence-corrected chi connectivity index (χ1v) is 8.10. The van der Waals surface area contributed by atoms with Gasteiger partial charge in [0.15, 0.2) is 0 Å². The number of likely N-dealkylation sites (tertiary alicyclic amines) is 1. The molecule has 2 aliphatic rings. The van der Waals surface area contributed by atoms with Crippen molar-refractivity contribution in [3.63, 3.8) is 0 Å². The van der Waals surface area contributed by atoms with Crippen molar-refractivity contribution in [1.82, 2.24) is 9.80 Å². The van der Waals surface area contributed by atoms with Gasteiger partial charge >= 0.3 is 0 Å². The second kappa shape index (κ2) is 6.77. The molecule has 1 aliphatic carbocycles. The maximum Gasteiger partial charge on any atom is 0.225 e. The average molecular weight is 296 g/mol. The van der Waals surface area contributed by atoms with Gasteiger partial charge < -0.3 is 14.9 Å². The molecule has 5 heteroatoms. The van der Waals surface area contributed by atoms with Gasteiger partial charge in [-0.1, -0.05) is 12.8 Å². The summed E-state index contributed by atoms with van der Waals surface area (Å²) in [6, 6.07) is 0. The van der Waals surface area contributed by atoms with Crippen molar-refractivity contribution in [3.8, 4) is 0 Å². The SMILES string of the molecule is CN(C)C(=O)CC1CCN(C(=O)CC2(O)CCCC2)CC1. The first-order chi connectivity index (χ1) is 9.89. The zero-order valence-electron chi connectivity index (χ0n) is 13.3. The molecule has 1 N–H and O–H groups in total. The Morgan fingerprint density at radius 2 is 1.76 bits per heavy atom. The Morgan fingerprint density at radius 3 is 2.29 bits per heavy atom. The Kier molecular flexibility index (Phi) is 5.25. The minimum atomic E-state index is -0.755. The van der Waals surface area contributed by atoms with Crippen LogP contribution in [0.15, 0.2) is 0 Å². The summed E-state index contributed by atoms with van der Waals surface area (Å²) in [4.78, 5) is 27.5. The maximum absolute atomic E-state index is 12.3. The molecular formula is C16H28N2O3. The molecule has 0 unspecified atom stereocenters. The van der Waals surface area contributed by atoms with E-state index in [0.29, 0.717) is 12.3 Å². The molecule has 1 heterocycles. The van der Waals surface area contributed by atoms with Crippen LogP contribution in [0.2, 0.25) is 0 Å². The molecule has 2 rings (SSSR count). The smallest absolute Gasteiger partial charge is 0.225 e. The summed E-state index contributed by atoms with van der Waals surface area (Å²) in [5.41, 5.74) is -0.755. The van der Waals surface area contributed by atoms with Crippen LogP contribution in [0, 0.1) is 5.92 Å². The molecule has 0 aromatic carbocycles. The van der Waals surface area contributed by atoms with Gasteiger partial charge in [0, 0.05) is 33.6 Å². The number of carbonyl (C=O) groups is 2. The Morgan fingerprint density at radius 1 is 1.19 bits per heavy atom. The van der Waals surface area contributed by atoms with Crippen molar-refractivity contribution in [1.29, 1.82) is 0 Å². The monoisotopic (exact) mass is 296 g/mol. The zero-order valence-corrected chi connectivity index (χ0v) is 13.3. The highest BCUT2D eigenvalue weighted by Crippen LogP contribution is 2.33. The highest BCUT2D eigenvalue weighted by molar-refractivity contribution is 5.78. The molecule has 0 atom stereocenters. The van der Waals surface area contributed by atoms with Gasteiger partial charge in [-0.25, -0.2) is 0 Å². The fourth-order valence-electron chi connectivity index (χ4n) is 3.42. The van der Waals surface area contributed by atoms with Gasteiger partial charge in [0.25, 0.3) is 0 Å². The minimum Gasteiger partial charge on any atom is -0.389 e. The first-order valence-electron chi connectivity index (χ1n) is 8.10. The minimum absolute atomic E-state index is 0.0804. The maximum atomic E-state index is 12.3. The number of piperidine rings is 1. The molecule has 21 heavy (non-hydrogen) atoms. The lowest BCUT2D eigenvalue weighted by Crippen LogP contribution is -2.42. The predicted octanol–water partition coefficient (Wildman–Crippen LogP) is 1.40. The van der Waals surface area contributed by atoms with Gasteiger partial charge in [-0.15, -0.1) is 0 Å². The Labute approximate surface area is 127 Å². The van der Waals surface area contributed by atoms with Crippen LogP contribution in [-0.2, 0) is 9.59 Å². The number of rotatable bonds is 4. The second-order valence-electron chi connectivity index (χ2n) is 6.92. The lowest BCUT2D eigenvalue weighted by Gasteiger charge is -2.34. The van der Waals surface area contributed by atoms with Gasteiger partial charge in [0.05, 0.1) is 12.0 Å². The second-order valence-corrected chi connectivity index (χ2v) is 6.92. The lowest BCUT2D eigenvalue weighted by molar-refractivity contribution is -0.137. The molecule has 1 saturated carbocycles. The molecule has 1 saturated heterocycles. The Balaban J connectivity index is 1.75. The third kappa shape index (κ3) is 4.43. The molecule has 0 aromatic heterocycles. The van der Waals surface area contributed by atoms with Crippen molar-refractivity contribution >= 4 is 11.8 Å². The molecule has 2 amide bonds. The molecule has 1 aliphatic heterocycles. The van der Waals surface area contributed by atoms with Crippen molar-refractivity contribution in [3.05, 3.63) is 0 Å². The Bertz CT molecular complexity index is 381. The third-order valence-corrected chi connectivity index (χ3v) is 4.94. The van der Waals surface area contributed by atoms with Crippen LogP contribution in [0.3, 0.4) is 0 Å². The van der Waals surface area contributed by atoms with E-state index in [1.165, 1.54) is 0 Å². The highest BCUT2D eigenvalue weighted by atomic mass is 16.3. The molecule has 0 aromatic rings. The van der Waals surface area contributed by atoms with E-state index >= 15 is 0 Å². The van der Waals surface area contributed by atoms with E-state index in [1.807, 2.05) is 4.90 Å². The quantitative estimate of drug-likeness (QED) is 0.853. The molecule has 0 radical (unpaired) electrons. The van der Waals surface area contributed by atoms with Crippen LogP contribution in [0.1, 0.15) is 51.4 Å². The van der Waals surface area contributed by atoms with Gasteiger partial charge in [-0.3, -0.25) is 9.59 Å². The van der Waals surface area contributed by atoms with Crippen LogP contribution in [0.25, 0.3) is 0 Å². The summed E-state index contributed by atoms with van der Waals surface area (Å²) in [5, 5.41) is 10.3. The summed E-state index contributed by atoms with van der Waals surface area (Å²) < 4.78 is 0. The number of hydrogen-bond donors (Lipinski definition) is 1. The van der Waals surface area contributed by atoms with Gasteiger partial charge in [-0.2, -0.15) is 0 Å². The summed E-state index contributed by atoms with van der Waals surface area (Å²) in [5.74, 6) is 0.635. The third-order valence-electron chi connectivity index (χ3n) is 4.94. The number of amides is 2. The van der Waals surface area contributed by atoms with E-state index in [0.717, 1.165) is 51.6 Å². The highest BCUT2D eigenvalue weighted by Gasteiger charge is 2.35. The predicted molar refractivity (Wildman–Crippen MR) is 80.6 cm³/mol. The number of nitrogens with zero attached hydrogens (tertiary/aromatic N) is 2. The molecule has 0 spiro atoms. The topological polar surface area (TPSA) is 60.9 Å². The molecular weight excluding hydrogens is 268 g/mol. The largest absolute Gasteiger partial charge is 0.389 e. The van der Waals surface area contributed by atoms with E-state index in [-0.39, 0.29) is 18.2 Å². The number of aliphatic hydroxyl groups is 1. The van der Waals surface area contributed by atoms with Crippen LogP contribution < -0.4 is 0 Å². The summed E-state index contributed by atoms with van der Waals surface area (Å²) >= 11 is 0. The van der Waals surface area contributed by atoms with E-state index in [2.05, 4.69) is 0 Å². The number of hydrogen-bond acceptors (Lipinski definition) is 3. The van der Waals surface area contributed by atoms with Gasteiger partial charge in [0.2, 0.25) is 11.8 Å². The van der Waals surface area contributed by atoms with E-state index in [4.69, 9.17) is 0 Å². The molecule has 120 valence electrons. The average Bonchev–Trinajstić information content (AvgIpc) is 2.85. The van der Waals surface area contributed by atoms with Crippen LogP contribution in [0.5, 0.6) is 0 Å². The van der Waals surface area contributed by atoms with Crippen molar-refractivity contribution in [2.24, 2.45) is 5.92 Å². The van der Waals surface area contributed by atoms with Gasteiger partial charge in [0.1, 0.15) is 0 Å². The van der Waals surface area contributed by atoms with Crippen molar-refractivity contribution in [2.45, 2.75) is 57.0 Å². The fourth-order valence-corrected chi connectivity index (χ4v) is 3.42. The lowest BCUT2D eigenvalue weighted by atomic mass is 9.91.